The fraction of sp³-hybridized carbons (Fsp3) is 0.600. The smallest absolute Gasteiger partial charge is 0.0929 e. The molecule has 3 unspecified atom stereocenters. The van der Waals surface area contributed by atoms with Crippen LogP contribution in [0.3, 0.4) is 0 Å². The summed E-state index contributed by atoms with van der Waals surface area (Å²) in [4.78, 5) is 0. The molecule has 0 radical (unpaired) electrons. The van der Waals surface area contributed by atoms with Crippen LogP contribution in [-0.4, -0.2) is 18.2 Å². The topological polar surface area (TPSA) is 32.3 Å². The Morgan fingerprint density at radius 2 is 2.16 bits per heavy atom. The van der Waals surface area contributed by atoms with E-state index >= 15 is 0 Å². The Morgan fingerprint density at radius 3 is 2.84 bits per heavy atom. The molecule has 19 heavy (non-hydrogen) atoms. The van der Waals surface area contributed by atoms with Crippen molar-refractivity contribution in [3.05, 3.63) is 33.8 Å². The molecule has 0 bridgehead atoms. The second-order valence-electron chi connectivity index (χ2n) is 5.62. The Hall–Kier alpha value is -0.280. The van der Waals surface area contributed by atoms with Gasteiger partial charge in [0.05, 0.1) is 6.10 Å². The number of hydrogen-bond donors (Lipinski definition) is 2. The standard InChI is InChI=1S/C15H21Cl2NO/c1-10-2-3-11(6-10)8-18-9-15(19)13-7-12(16)4-5-14(13)17/h4-5,7,10-11,15,18-19H,2-3,6,8-9H2,1H3. The molecular formula is C15H21Cl2NO. The lowest BCUT2D eigenvalue weighted by Crippen LogP contribution is -2.26. The van der Waals surface area contributed by atoms with Gasteiger partial charge in [-0.15, -0.1) is 0 Å². The van der Waals surface area contributed by atoms with E-state index < -0.39 is 6.10 Å². The molecule has 0 aromatic heterocycles. The Morgan fingerprint density at radius 1 is 1.37 bits per heavy atom. The van der Waals surface area contributed by atoms with Crippen molar-refractivity contribution in [2.24, 2.45) is 11.8 Å². The van der Waals surface area contributed by atoms with Crippen LogP contribution in [0.2, 0.25) is 10.0 Å². The van der Waals surface area contributed by atoms with Crippen molar-refractivity contribution in [2.45, 2.75) is 32.3 Å². The highest BCUT2D eigenvalue weighted by Gasteiger charge is 2.21. The second kappa shape index (κ2) is 6.94. The summed E-state index contributed by atoms with van der Waals surface area (Å²) in [6, 6.07) is 5.18. The van der Waals surface area contributed by atoms with Gasteiger partial charge in [-0.05, 0) is 49.4 Å². The zero-order chi connectivity index (χ0) is 13.8. The highest BCUT2D eigenvalue weighted by Crippen LogP contribution is 2.30. The lowest BCUT2D eigenvalue weighted by atomic mass is 10.1. The molecule has 106 valence electrons. The van der Waals surface area contributed by atoms with Crippen LogP contribution < -0.4 is 5.32 Å². The Bertz CT molecular complexity index is 425. The summed E-state index contributed by atoms with van der Waals surface area (Å²) < 4.78 is 0. The minimum absolute atomic E-state index is 0.519. The van der Waals surface area contributed by atoms with Gasteiger partial charge in [-0.3, -0.25) is 0 Å². The maximum absolute atomic E-state index is 10.1. The maximum atomic E-state index is 10.1. The second-order valence-corrected chi connectivity index (χ2v) is 6.47. The van der Waals surface area contributed by atoms with E-state index in [9.17, 15) is 5.11 Å². The van der Waals surface area contributed by atoms with Crippen molar-refractivity contribution in [2.75, 3.05) is 13.1 Å². The van der Waals surface area contributed by atoms with E-state index in [4.69, 9.17) is 23.2 Å². The van der Waals surface area contributed by atoms with Crippen molar-refractivity contribution in [1.82, 2.24) is 5.32 Å². The molecule has 1 aliphatic carbocycles. The van der Waals surface area contributed by atoms with Gasteiger partial charge in [0.15, 0.2) is 0 Å². The molecule has 0 spiro atoms. The van der Waals surface area contributed by atoms with E-state index in [1.165, 1.54) is 19.3 Å². The van der Waals surface area contributed by atoms with Crippen molar-refractivity contribution >= 4 is 23.2 Å². The van der Waals surface area contributed by atoms with Gasteiger partial charge in [-0.2, -0.15) is 0 Å². The number of hydrogen-bond acceptors (Lipinski definition) is 2. The summed E-state index contributed by atoms with van der Waals surface area (Å²) in [5, 5.41) is 14.7. The molecular weight excluding hydrogens is 281 g/mol. The normalized spacial score (nSPS) is 24.6. The Labute approximate surface area is 125 Å². The summed E-state index contributed by atoms with van der Waals surface area (Å²) in [6.45, 7) is 3.80. The molecule has 3 atom stereocenters. The number of benzene rings is 1. The van der Waals surface area contributed by atoms with Crippen molar-refractivity contribution < 1.29 is 5.11 Å². The van der Waals surface area contributed by atoms with Gasteiger partial charge >= 0.3 is 0 Å². The molecule has 2 nitrogen and oxygen atoms in total. The summed E-state index contributed by atoms with van der Waals surface area (Å²) >= 11 is 12.0. The van der Waals surface area contributed by atoms with Gasteiger partial charge in [-0.25, -0.2) is 0 Å². The van der Waals surface area contributed by atoms with Crippen LogP contribution in [0.1, 0.15) is 37.9 Å². The highest BCUT2D eigenvalue weighted by molar-refractivity contribution is 6.33. The molecule has 1 aromatic carbocycles. The number of rotatable bonds is 5. The largest absolute Gasteiger partial charge is 0.387 e. The molecule has 0 heterocycles. The fourth-order valence-electron chi connectivity index (χ4n) is 2.81. The van der Waals surface area contributed by atoms with Gasteiger partial charge in [0.25, 0.3) is 0 Å². The molecule has 4 heteroatoms. The van der Waals surface area contributed by atoms with Crippen LogP contribution in [0.15, 0.2) is 18.2 Å². The van der Waals surface area contributed by atoms with Gasteiger partial charge in [0.1, 0.15) is 0 Å². The van der Waals surface area contributed by atoms with Crippen LogP contribution in [0.25, 0.3) is 0 Å². The number of halogens is 2. The molecule has 2 N–H and O–H groups in total. The zero-order valence-electron chi connectivity index (χ0n) is 11.2. The number of aliphatic hydroxyl groups is 1. The molecule has 2 rings (SSSR count). The average Bonchev–Trinajstić information content (AvgIpc) is 2.78. The van der Waals surface area contributed by atoms with Crippen LogP contribution in [0.5, 0.6) is 0 Å². The van der Waals surface area contributed by atoms with Crippen molar-refractivity contribution in [1.29, 1.82) is 0 Å². The fourth-order valence-corrected chi connectivity index (χ4v) is 3.24. The lowest BCUT2D eigenvalue weighted by Gasteiger charge is -2.16. The van der Waals surface area contributed by atoms with Gasteiger partial charge in [0, 0.05) is 22.2 Å². The number of aliphatic hydroxyl groups excluding tert-OH is 1. The first-order chi connectivity index (χ1) is 9.06. The molecule has 0 saturated heterocycles. The molecule has 0 amide bonds. The quantitative estimate of drug-likeness (QED) is 0.860. The average molecular weight is 302 g/mol. The summed E-state index contributed by atoms with van der Waals surface area (Å²) in [6.07, 6.45) is 3.31. The summed E-state index contributed by atoms with van der Waals surface area (Å²) in [7, 11) is 0. The van der Waals surface area contributed by atoms with E-state index in [0.29, 0.717) is 22.2 Å². The van der Waals surface area contributed by atoms with Gasteiger partial charge < -0.3 is 10.4 Å². The first-order valence-corrected chi connectivity index (χ1v) is 7.65. The first-order valence-electron chi connectivity index (χ1n) is 6.90. The monoisotopic (exact) mass is 301 g/mol. The van der Waals surface area contributed by atoms with Gasteiger partial charge in [-0.1, -0.05) is 36.5 Å². The highest BCUT2D eigenvalue weighted by atomic mass is 35.5. The molecule has 0 aliphatic heterocycles. The van der Waals surface area contributed by atoms with Crippen LogP contribution in [0, 0.1) is 11.8 Å². The van der Waals surface area contributed by atoms with Crippen LogP contribution >= 0.6 is 23.2 Å². The van der Waals surface area contributed by atoms with Crippen LogP contribution in [-0.2, 0) is 0 Å². The van der Waals surface area contributed by atoms with E-state index in [1.807, 2.05) is 0 Å². The lowest BCUT2D eigenvalue weighted by molar-refractivity contribution is 0.173. The predicted molar refractivity (Wildman–Crippen MR) is 80.8 cm³/mol. The van der Waals surface area contributed by atoms with Crippen molar-refractivity contribution in [3.8, 4) is 0 Å². The third-order valence-electron chi connectivity index (χ3n) is 3.89. The predicted octanol–water partition coefficient (Wildman–Crippen LogP) is 4.05. The zero-order valence-corrected chi connectivity index (χ0v) is 12.7. The maximum Gasteiger partial charge on any atom is 0.0929 e. The molecule has 1 aromatic rings. The Balaban J connectivity index is 1.80. The van der Waals surface area contributed by atoms with E-state index in [0.717, 1.165) is 18.4 Å². The summed E-state index contributed by atoms with van der Waals surface area (Å²) in [5.74, 6) is 1.59. The SMILES string of the molecule is CC1CCC(CNCC(O)c2cc(Cl)ccc2Cl)C1. The van der Waals surface area contributed by atoms with Crippen molar-refractivity contribution in [3.63, 3.8) is 0 Å². The van der Waals surface area contributed by atoms with E-state index in [2.05, 4.69) is 12.2 Å². The minimum atomic E-state index is -0.606. The first kappa shape index (κ1) is 15.1. The molecule has 1 saturated carbocycles. The van der Waals surface area contributed by atoms with Crippen LogP contribution in [0.4, 0.5) is 0 Å². The third-order valence-corrected chi connectivity index (χ3v) is 4.47. The number of nitrogens with one attached hydrogen (secondary N) is 1. The van der Waals surface area contributed by atoms with Gasteiger partial charge in [0.2, 0.25) is 0 Å². The molecule has 1 fully saturated rings. The summed E-state index contributed by atoms with van der Waals surface area (Å²) in [5.41, 5.74) is 0.696. The third kappa shape index (κ3) is 4.35. The Kier molecular flexibility index (Phi) is 5.52. The van der Waals surface area contributed by atoms with E-state index in [-0.39, 0.29) is 0 Å². The molecule has 1 aliphatic rings. The van der Waals surface area contributed by atoms with E-state index in [1.54, 1.807) is 18.2 Å². The minimum Gasteiger partial charge on any atom is -0.387 e.